The van der Waals surface area contributed by atoms with Crippen LogP contribution in [0.1, 0.15) is 51.1 Å². The Morgan fingerprint density at radius 1 is 1.38 bits per heavy atom. The van der Waals surface area contributed by atoms with E-state index in [9.17, 15) is 4.79 Å². The Morgan fingerprint density at radius 3 is 2.85 bits per heavy atom. The molecule has 1 saturated heterocycles. The van der Waals surface area contributed by atoms with Crippen molar-refractivity contribution in [2.45, 2.75) is 44.8 Å². The molecule has 0 radical (unpaired) electrons. The standard InChI is InChI=1S/C20H24N2O3S/c1-2-15-11-16-18(26-15)5-10-25-20(16)6-8-22(9-7-20)13-14-3-4-17(19(23)24)21-12-14/h3-4,11-12H,2,5-10,13H2,1H3,(H,23,24). The predicted molar refractivity (Wildman–Crippen MR) is 101 cm³/mol. The molecule has 0 atom stereocenters. The molecule has 2 aliphatic rings. The summed E-state index contributed by atoms with van der Waals surface area (Å²) < 4.78 is 6.33. The second-order valence-electron chi connectivity index (χ2n) is 7.13. The molecule has 1 fully saturated rings. The minimum absolute atomic E-state index is 0.0960. The van der Waals surface area contributed by atoms with Crippen LogP contribution < -0.4 is 0 Å². The molecule has 1 N–H and O–H groups in total. The molecule has 6 heteroatoms. The molecule has 5 nitrogen and oxygen atoms in total. The van der Waals surface area contributed by atoms with E-state index >= 15 is 0 Å². The Hall–Kier alpha value is -1.76. The number of ether oxygens (including phenoxy) is 1. The molecule has 0 unspecified atom stereocenters. The zero-order valence-electron chi connectivity index (χ0n) is 15.0. The predicted octanol–water partition coefficient (Wildman–Crippen LogP) is 3.47. The van der Waals surface area contributed by atoms with Gasteiger partial charge in [-0.15, -0.1) is 11.3 Å². The van der Waals surface area contributed by atoms with Crippen molar-refractivity contribution in [1.82, 2.24) is 9.88 Å². The molecular weight excluding hydrogens is 348 g/mol. The van der Waals surface area contributed by atoms with Crippen LogP contribution in [-0.4, -0.2) is 40.7 Å². The van der Waals surface area contributed by atoms with Gasteiger partial charge < -0.3 is 9.84 Å². The van der Waals surface area contributed by atoms with Crippen LogP contribution in [0.3, 0.4) is 0 Å². The van der Waals surface area contributed by atoms with Crippen LogP contribution in [0.4, 0.5) is 0 Å². The fourth-order valence-electron chi connectivity index (χ4n) is 4.04. The number of aromatic carboxylic acids is 1. The summed E-state index contributed by atoms with van der Waals surface area (Å²) in [5.41, 5.74) is 2.50. The highest BCUT2D eigenvalue weighted by Crippen LogP contribution is 2.44. The first-order valence-electron chi connectivity index (χ1n) is 9.26. The largest absolute Gasteiger partial charge is 0.477 e. The van der Waals surface area contributed by atoms with Gasteiger partial charge in [-0.05, 0) is 42.5 Å². The Bertz CT molecular complexity index is 792. The van der Waals surface area contributed by atoms with Crippen molar-refractivity contribution in [1.29, 1.82) is 0 Å². The van der Waals surface area contributed by atoms with Gasteiger partial charge in [-0.1, -0.05) is 13.0 Å². The van der Waals surface area contributed by atoms with Crippen molar-refractivity contribution in [3.05, 3.63) is 51.0 Å². The molecule has 2 aliphatic heterocycles. The number of nitrogens with zero attached hydrogens (tertiary/aromatic N) is 2. The normalized spacial score (nSPS) is 19.4. The lowest BCUT2D eigenvalue weighted by Crippen LogP contribution is -2.45. The number of aromatic nitrogens is 1. The number of fused-ring (bicyclic) bond motifs is 2. The summed E-state index contributed by atoms with van der Waals surface area (Å²) in [6.07, 6.45) is 5.85. The zero-order valence-corrected chi connectivity index (χ0v) is 15.8. The molecule has 0 bridgehead atoms. The van der Waals surface area contributed by atoms with E-state index in [0.29, 0.717) is 0 Å². The fraction of sp³-hybridized carbons (Fsp3) is 0.500. The van der Waals surface area contributed by atoms with Gasteiger partial charge in [0, 0.05) is 42.0 Å². The Morgan fingerprint density at radius 2 is 2.19 bits per heavy atom. The van der Waals surface area contributed by atoms with Gasteiger partial charge in [0.2, 0.25) is 0 Å². The first kappa shape index (κ1) is 17.6. The molecule has 0 amide bonds. The lowest BCUT2D eigenvalue weighted by Gasteiger charge is -2.44. The SMILES string of the molecule is CCc1cc2c(s1)CCOC21CCN(Cc2ccc(C(=O)O)nc2)CC1. The zero-order chi connectivity index (χ0) is 18.1. The molecule has 0 saturated carbocycles. The molecule has 4 rings (SSSR count). The highest BCUT2D eigenvalue weighted by molar-refractivity contribution is 7.12. The number of aryl methyl sites for hydroxylation is 1. The molecule has 1 spiro atoms. The van der Waals surface area contributed by atoms with E-state index in [-0.39, 0.29) is 11.3 Å². The number of rotatable bonds is 4. The minimum atomic E-state index is -0.982. The lowest BCUT2D eigenvalue weighted by molar-refractivity contribution is -0.0981. The van der Waals surface area contributed by atoms with E-state index in [1.807, 2.05) is 17.4 Å². The van der Waals surface area contributed by atoms with E-state index in [4.69, 9.17) is 9.84 Å². The molecule has 0 aromatic carbocycles. The molecule has 0 aliphatic carbocycles. The first-order chi connectivity index (χ1) is 12.6. The first-order valence-corrected chi connectivity index (χ1v) is 10.1. The van der Waals surface area contributed by atoms with Crippen molar-refractivity contribution < 1.29 is 14.6 Å². The quantitative estimate of drug-likeness (QED) is 0.890. The highest BCUT2D eigenvalue weighted by Gasteiger charge is 2.41. The number of thiophene rings is 1. The lowest BCUT2D eigenvalue weighted by atomic mass is 9.82. The van der Waals surface area contributed by atoms with Crippen molar-refractivity contribution >= 4 is 17.3 Å². The third kappa shape index (κ3) is 3.29. The van der Waals surface area contributed by atoms with Crippen LogP contribution in [-0.2, 0) is 29.7 Å². The molecular formula is C20H24N2O3S. The number of carboxylic acids is 1. The summed E-state index contributed by atoms with van der Waals surface area (Å²) in [6, 6.07) is 5.82. The van der Waals surface area contributed by atoms with Crippen LogP contribution >= 0.6 is 11.3 Å². The van der Waals surface area contributed by atoms with Gasteiger partial charge in [0.25, 0.3) is 0 Å². The summed E-state index contributed by atoms with van der Waals surface area (Å²) in [4.78, 5) is 20.3. The highest BCUT2D eigenvalue weighted by atomic mass is 32.1. The van der Waals surface area contributed by atoms with Crippen molar-refractivity contribution in [2.24, 2.45) is 0 Å². The van der Waals surface area contributed by atoms with E-state index in [0.717, 1.165) is 57.5 Å². The van der Waals surface area contributed by atoms with E-state index < -0.39 is 5.97 Å². The fourth-order valence-corrected chi connectivity index (χ4v) is 5.21. The summed E-state index contributed by atoms with van der Waals surface area (Å²) in [7, 11) is 0. The third-order valence-electron chi connectivity index (χ3n) is 5.52. The Labute approximate surface area is 157 Å². The summed E-state index contributed by atoms with van der Waals surface area (Å²) in [5, 5.41) is 8.95. The maximum absolute atomic E-state index is 10.9. The minimum Gasteiger partial charge on any atom is -0.477 e. The van der Waals surface area contributed by atoms with Crippen LogP contribution in [0.15, 0.2) is 24.4 Å². The van der Waals surface area contributed by atoms with E-state index in [2.05, 4.69) is 22.9 Å². The molecule has 4 heterocycles. The van der Waals surface area contributed by atoms with Crippen molar-refractivity contribution in [3.63, 3.8) is 0 Å². The summed E-state index contributed by atoms with van der Waals surface area (Å²) >= 11 is 1.96. The second-order valence-corrected chi connectivity index (χ2v) is 8.35. The van der Waals surface area contributed by atoms with E-state index in [1.54, 1.807) is 12.3 Å². The number of hydrogen-bond acceptors (Lipinski definition) is 5. The monoisotopic (exact) mass is 372 g/mol. The third-order valence-corrected chi connectivity index (χ3v) is 6.86. The van der Waals surface area contributed by atoms with Crippen LogP contribution in [0.2, 0.25) is 0 Å². The number of pyridine rings is 1. The van der Waals surface area contributed by atoms with Crippen molar-refractivity contribution in [3.8, 4) is 0 Å². The molecule has 2 aromatic heterocycles. The van der Waals surface area contributed by atoms with Gasteiger partial charge in [0.05, 0.1) is 12.2 Å². The van der Waals surface area contributed by atoms with Gasteiger partial charge in [-0.25, -0.2) is 9.78 Å². The Kier molecular flexibility index (Phi) is 4.82. The molecule has 26 heavy (non-hydrogen) atoms. The van der Waals surface area contributed by atoms with Crippen molar-refractivity contribution in [2.75, 3.05) is 19.7 Å². The average molecular weight is 372 g/mol. The summed E-state index contributed by atoms with van der Waals surface area (Å²) in [5.74, 6) is -0.982. The topological polar surface area (TPSA) is 62.7 Å². The van der Waals surface area contributed by atoms with Crippen LogP contribution in [0.5, 0.6) is 0 Å². The van der Waals surface area contributed by atoms with Gasteiger partial charge >= 0.3 is 5.97 Å². The van der Waals surface area contributed by atoms with Gasteiger partial charge in [-0.3, -0.25) is 4.90 Å². The average Bonchev–Trinajstić information content (AvgIpc) is 3.09. The van der Waals surface area contributed by atoms with Gasteiger partial charge in [-0.2, -0.15) is 0 Å². The maximum Gasteiger partial charge on any atom is 0.354 e. The number of carboxylic acid groups (broad SMARTS) is 1. The second kappa shape index (κ2) is 7.10. The molecule has 2 aromatic rings. The number of carbonyl (C=O) groups is 1. The Balaban J connectivity index is 1.43. The molecule has 138 valence electrons. The van der Waals surface area contributed by atoms with Gasteiger partial charge in [0.1, 0.15) is 5.69 Å². The number of likely N-dealkylation sites (tertiary alicyclic amines) is 1. The van der Waals surface area contributed by atoms with E-state index in [1.165, 1.54) is 15.3 Å². The smallest absolute Gasteiger partial charge is 0.354 e. The maximum atomic E-state index is 10.9. The number of hydrogen-bond donors (Lipinski definition) is 1. The van der Waals surface area contributed by atoms with Crippen LogP contribution in [0, 0.1) is 0 Å². The van der Waals surface area contributed by atoms with Crippen LogP contribution in [0.25, 0.3) is 0 Å². The van der Waals surface area contributed by atoms with Gasteiger partial charge in [0.15, 0.2) is 0 Å². The summed E-state index contributed by atoms with van der Waals surface area (Å²) in [6.45, 7) is 5.82. The number of piperidine rings is 1.